The van der Waals surface area contributed by atoms with Crippen molar-refractivity contribution in [2.45, 2.75) is 50.9 Å². The van der Waals surface area contributed by atoms with Gasteiger partial charge in [-0.1, -0.05) is 12.1 Å². The van der Waals surface area contributed by atoms with Gasteiger partial charge in [0.25, 0.3) is 0 Å². The van der Waals surface area contributed by atoms with E-state index in [0.29, 0.717) is 24.6 Å². The number of hydrogen-bond donors (Lipinski definition) is 1. The lowest BCUT2D eigenvalue weighted by atomic mass is 10.0. The minimum atomic E-state index is -4.34. The lowest BCUT2D eigenvalue weighted by molar-refractivity contribution is -0.138. The summed E-state index contributed by atoms with van der Waals surface area (Å²) < 4.78 is 38.4. The number of carbonyl (C=O) groups is 1. The van der Waals surface area contributed by atoms with Crippen LogP contribution in [0, 0.1) is 0 Å². The molecular weight excluding hydrogens is 295 g/mol. The second-order valence-electron chi connectivity index (χ2n) is 5.77. The lowest BCUT2D eigenvalue weighted by Gasteiger charge is -2.29. The molecule has 3 nitrogen and oxygen atoms in total. The summed E-state index contributed by atoms with van der Waals surface area (Å²) in [6.07, 6.45) is -1.70. The van der Waals surface area contributed by atoms with E-state index < -0.39 is 17.7 Å². The number of carboxylic acid groups (broad SMARTS) is 1. The first-order valence-electron chi connectivity index (χ1n) is 7.43. The predicted octanol–water partition coefficient (Wildman–Crippen LogP) is 4.10. The van der Waals surface area contributed by atoms with Gasteiger partial charge < -0.3 is 5.11 Å². The van der Waals surface area contributed by atoms with Crippen LogP contribution >= 0.6 is 0 Å². The van der Waals surface area contributed by atoms with Crippen LogP contribution in [0.25, 0.3) is 0 Å². The number of alkyl halides is 3. The van der Waals surface area contributed by atoms with Crippen molar-refractivity contribution in [1.29, 1.82) is 0 Å². The van der Waals surface area contributed by atoms with Crippen molar-refractivity contribution in [3.8, 4) is 0 Å². The van der Waals surface area contributed by atoms with Gasteiger partial charge in [0.2, 0.25) is 0 Å². The molecule has 1 aliphatic rings. The van der Waals surface area contributed by atoms with E-state index in [9.17, 15) is 18.0 Å². The van der Waals surface area contributed by atoms with Crippen molar-refractivity contribution in [3.05, 3.63) is 35.4 Å². The van der Waals surface area contributed by atoms with Gasteiger partial charge in [-0.3, -0.25) is 9.69 Å². The molecule has 1 N–H and O–H groups in total. The van der Waals surface area contributed by atoms with Crippen LogP contribution in [0.15, 0.2) is 24.3 Å². The average molecular weight is 315 g/mol. The van der Waals surface area contributed by atoms with Crippen LogP contribution in [-0.4, -0.2) is 28.6 Å². The zero-order valence-electron chi connectivity index (χ0n) is 12.4. The Kier molecular flexibility index (Phi) is 5.11. The van der Waals surface area contributed by atoms with Crippen molar-refractivity contribution >= 4 is 5.97 Å². The summed E-state index contributed by atoms with van der Waals surface area (Å²) in [4.78, 5) is 12.7. The first-order valence-corrected chi connectivity index (χ1v) is 7.43. The maximum absolute atomic E-state index is 12.8. The third kappa shape index (κ3) is 4.47. The minimum absolute atomic E-state index is 0.0819. The molecule has 0 amide bonds. The Bertz CT molecular complexity index is 526. The summed E-state index contributed by atoms with van der Waals surface area (Å²) in [6, 6.07) is 5.60. The van der Waals surface area contributed by atoms with Gasteiger partial charge in [0, 0.05) is 18.5 Å². The minimum Gasteiger partial charge on any atom is -0.481 e. The van der Waals surface area contributed by atoms with E-state index in [1.807, 2.05) is 6.92 Å². The van der Waals surface area contributed by atoms with Crippen LogP contribution in [0.3, 0.4) is 0 Å². The number of halogens is 3. The van der Waals surface area contributed by atoms with Crippen molar-refractivity contribution in [3.63, 3.8) is 0 Å². The zero-order valence-corrected chi connectivity index (χ0v) is 12.4. The van der Waals surface area contributed by atoms with Crippen molar-refractivity contribution in [2.75, 3.05) is 6.54 Å². The van der Waals surface area contributed by atoms with Crippen LogP contribution in [0.4, 0.5) is 13.2 Å². The highest BCUT2D eigenvalue weighted by molar-refractivity contribution is 5.66. The Morgan fingerprint density at radius 1 is 1.41 bits per heavy atom. The first-order chi connectivity index (χ1) is 10.3. The second-order valence-corrected chi connectivity index (χ2v) is 5.77. The third-order valence-electron chi connectivity index (χ3n) is 4.02. The van der Waals surface area contributed by atoms with Crippen LogP contribution in [0.2, 0.25) is 0 Å². The molecule has 6 heteroatoms. The molecule has 0 bridgehead atoms. The molecular formula is C16H20F3NO2. The molecule has 0 spiro atoms. The molecule has 0 radical (unpaired) electrons. The van der Waals surface area contributed by atoms with Gasteiger partial charge in [-0.25, -0.2) is 0 Å². The Balaban J connectivity index is 2.09. The summed E-state index contributed by atoms with van der Waals surface area (Å²) in [5, 5.41) is 8.72. The number of rotatable bonds is 7. The van der Waals surface area contributed by atoms with Gasteiger partial charge in [0.15, 0.2) is 0 Å². The monoisotopic (exact) mass is 315 g/mol. The van der Waals surface area contributed by atoms with E-state index in [-0.39, 0.29) is 12.5 Å². The highest BCUT2D eigenvalue weighted by Crippen LogP contribution is 2.36. The fourth-order valence-electron chi connectivity index (χ4n) is 2.68. The molecule has 122 valence electrons. The SMILES string of the molecule is CC(c1cccc(C(F)(F)F)c1)N(CCCC(=O)O)C1CC1. The first kappa shape index (κ1) is 16.8. The Labute approximate surface area is 127 Å². The van der Waals surface area contributed by atoms with E-state index in [0.717, 1.165) is 18.9 Å². The second kappa shape index (κ2) is 6.69. The van der Waals surface area contributed by atoms with Gasteiger partial charge in [-0.2, -0.15) is 13.2 Å². The van der Waals surface area contributed by atoms with Crippen molar-refractivity contribution in [1.82, 2.24) is 4.90 Å². The fraction of sp³-hybridized carbons (Fsp3) is 0.562. The topological polar surface area (TPSA) is 40.5 Å². The summed E-state index contributed by atoms with van der Waals surface area (Å²) >= 11 is 0. The zero-order chi connectivity index (χ0) is 16.3. The average Bonchev–Trinajstić information content (AvgIpc) is 3.26. The van der Waals surface area contributed by atoms with Crippen LogP contribution in [0.5, 0.6) is 0 Å². The number of benzene rings is 1. The largest absolute Gasteiger partial charge is 0.481 e. The molecule has 1 aromatic rings. The molecule has 1 atom stereocenters. The van der Waals surface area contributed by atoms with Crippen molar-refractivity contribution in [2.24, 2.45) is 0 Å². The van der Waals surface area contributed by atoms with Gasteiger partial charge in [0.1, 0.15) is 0 Å². The van der Waals surface area contributed by atoms with Gasteiger partial charge in [0.05, 0.1) is 5.56 Å². The number of carboxylic acids is 1. The highest BCUT2D eigenvalue weighted by Gasteiger charge is 2.34. The number of aliphatic carboxylic acids is 1. The van der Waals surface area contributed by atoms with Gasteiger partial charge in [-0.15, -0.1) is 0 Å². The summed E-state index contributed by atoms with van der Waals surface area (Å²) in [6.45, 7) is 2.48. The van der Waals surface area contributed by atoms with Crippen LogP contribution in [-0.2, 0) is 11.0 Å². The molecule has 1 fully saturated rings. The van der Waals surface area contributed by atoms with E-state index in [4.69, 9.17) is 5.11 Å². The maximum Gasteiger partial charge on any atom is 0.416 e. The van der Waals surface area contributed by atoms with Gasteiger partial charge >= 0.3 is 12.1 Å². The molecule has 0 aromatic heterocycles. The molecule has 1 aromatic carbocycles. The van der Waals surface area contributed by atoms with E-state index in [2.05, 4.69) is 4.90 Å². The Morgan fingerprint density at radius 3 is 2.64 bits per heavy atom. The van der Waals surface area contributed by atoms with Crippen molar-refractivity contribution < 1.29 is 23.1 Å². The fourth-order valence-corrected chi connectivity index (χ4v) is 2.68. The van der Waals surface area contributed by atoms with Crippen LogP contribution in [0.1, 0.15) is 49.8 Å². The summed E-state index contributed by atoms with van der Waals surface area (Å²) in [7, 11) is 0. The smallest absolute Gasteiger partial charge is 0.416 e. The highest BCUT2D eigenvalue weighted by atomic mass is 19.4. The standard InChI is InChI=1S/C16H20F3NO2/c1-11(12-4-2-5-13(10-12)16(17,18)19)20(14-7-8-14)9-3-6-15(21)22/h2,4-5,10-11,14H,3,6-9H2,1H3,(H,21,22). The number of nitrogens with zero attached hydrogens (tertiary/aromatic N) is 1. The summed E-state index contributed by atoms with van der Waals surface area (Å²) in [5.74, 6) is -0.845. The molecule has 22 heavy (non-hydrogen) atoms. The molecule has 0 heterocycles. The quantitative estimate of drug-likeness (QED) is 0.823. The number of hydrogen-bond acceptors (Lipinski definition) is 2. The van der Waals surface area contributed by atoms with E-state index in [1.165, 1.54) is 12.1 Å². The molecule has 2 rings (SSSR count). The molecule has 0 saturated heterocycles. The van der Waals surface area contributed by atoms with E-state index in [1.54, 1.807) is 6.07 Å². The predicted molar refractivity (Wildman–Crippen MR) is 76.5 cm³/mol. The Morgan fingerprint density at radius 2 is 2.09 bits per heavy atom. The Hall–Kier alpha value is -1.56. The summed E-state index contributed by atoms with van der Waals surface area (Å²) in [5.41, 5.74) is -0.0183. The molecule has 0 aliphatic heterocycles. The normalized spacial score (nSPS) is 16.8. The third-order valence-corrected chi connectivity index (χ3v) is 4.02. The molecule has 1 unspecified atom stereocenters. The maximum atomic E-state index is 12.8. The van der Waals surface area contributed by atoms with Crippen LogP contribution < -0.4 is 0 Å². The molecule has 1 aliphatic carbocycles. The lowest BCUT2D eigenvalue weighted by Crippen LogP contribution is -2.30. The molecule has 1 saturated carbocycles. The van der Waals surface area contributed by atoms with E-state index >= 15 is 0 Å². The van der Waals surface area contributed by atoms with Gasteiger partial charge in [-0.05, 0) is 50.4 Å².